The highest BCUT2D eigenvalue weighted by Crippen LogP contribution is 2.34. The largest absolute Gasteiger partial charge is 0.487 e. The highest BCUT2D eigenvalue weighted by molar-refractivity contribution is 9.10. The van der Waals surface area contributed by atoms with Crippen LogP contribution < -0.4 is 4.74 Å². The molecule has 21 heavy (non-hydrogen) atoms. The summed E-state index contributed by atoms with van der Waals surface area (Å²) >= 11 is 9.38. The molecule has 0 saturated heterocycles. The molecule has 2 aromatic rings. The predicted octanol–water partition coefficient (Wildman–Crippen LogP) is 4.78. The van der Waals surface area contributed by atoms with E-state index >= 15 is 0 Å². The standard InChI is InChI=1S/C16H12BrClO3/c17-14-9-13(18)8-12(6-7-15(19)20)16(14)21-10-11-4-2-1-3-5-11/h1-9H,10H2,(H,19,20). The summed E-state index contributed by atoms with van der Waals surface area (Å²) < 4.78 is 6.47. The van der Waals surface area contributed by atoms with Crippen molar-refractivity contribution in [3.05, 3.63) is 69.2 Å². The van der Waals surface area contributed by atoms with Gasteiger partial charge in [0.25, 0.3) is 0 Å². The third kappa shape index (κ3) is 4.62. The van der Waals surface area contributed by atoms with Gasteiger partial charge < -0.3 is 9.84 Å². The lowest BCUT2D eigenvalue weighted by molar-refractivity contribution is -0.131. The van der Waals surface area contributed by atoms with E-state index in [2.05, 4.69) is 15.9 Å². The van der Waals surface area contributed by atoms with Crippen molar-refractivity contribution in [2.24, 2.45) is 0 Å². The molecular weight excluding hydrogens is 356 g/mol. The van der Waals surface area contributed by atoms with Gasteiger partial charge in [-0.05, 0) is 39.7 Å². The molecule has 2 aromatic carbocycles. The summed E-state index contributed by atoms with van der Waals surface area (Å²) in [4.78, 5) is 10.7. The van der Waals surface area contributed by atoms with E-state index in [0.717, 1.165) is 11.6 Å². The number of ether oxygens (including phenoxy) is 1. The van der Waals surface area contributed by atoms with Crippen LogP contribution in [-0.2, 0) is 11.4 Å². The summed E-state index contributed by atoms with van der Waals surface area (Å²) in [6, 6.07) is 13.1. The third-order valence-corrected chi connectivity index (χ3v) is 3.48. The molecule has 2 rings (SSSR count). The van der Waals surface area contributed by atoms with Gasteiger partial charge in [0.2, 0.25) is 0 Å². The van der Waals surface area contributed by atoms with Gasteiger partial charge >= 0.3 is 5.97 Å². The summed E-state index contributed by atoms with van der Waals surface area (Å²) in [5.74, 6) is -0.471. The number of hydrogen-bond donors (Lipinski definition) is 1. The summed E-state index contributed by atoms with van der Waals surface area (Å²) in [5.41, 5.74) is 1.63. The zero-order chi connectivity index (χ0) is 15.2. The number of aliphatic carboxylic acids is 1. The van der Waals surface area contributed by atoms with Crippen molar-refractivity contribution in [1.29, 1.82) is 0 Å². The predicted molar refractivity (Wildman–Crippen MR) is 86.6 cm³/mol. The van der Waals surface area contributed by atoms with E-state index in [1.165, 1.54) is 6.08 Å². The fourth-order valence-corrected chi connectivity index (χ4v) is 2.70. The van der Waals surface area contributed by atoms with E-state index in [0.29, 0.717) is 27.4 Å². The van der Waals surface area contributed by atoms with Gasteiger partial charge in [-0.2, -0.15) is 0 Å². The molecule has 0 radical (unpaired) electrons. The highest BCUT2D eigenvalue weighted by atomic mass is 79.9. The van der Waals surface area contributed by atoms with Crippen molar-refractivity contribution in [2.45, 2.75) is 6.61 Å². The molecule has 0 fully saturated rings. The van der Waals surface area contributed by atoms with E-state index in [1.807, 2.05) is 30.3 Å². The van der Waals surface area contributed by atoms with E-state index < -0.39 is 5.97 Å². The second-order valence-electron chi connectivity index (χ2n) is 4.25. The first-order valence-corrected chi connectivity index (χ1v) is 7.30. The van der Waals surface area contributed by atoms with E-state index in [-0.39, 0.29) is 0 Å². The zero-order valence-corrected chi connectivity index (χ0v) is 13.3. The molecule has 1 N–H and O–H groups in total. The van der Waals surface area contributed by atoms with Crippen LogP contribution in [0.1, 0.15) is 11.1 Å². The van der Waals surface area contributed by atoms with Crippen LogP contribution in [0.25, 0.3) is 6.08 Å². The molecule has 0 atom stereocenters. The fourth-order valence-electron chi connectivity index (χ4n) is 1.75. The molecule has 0 aliphatic heterocycles. The van der Waals surface area contributed by atoms with Gasteiger partial charge in [-0.1, -0.05) is 41.9 Å². The smallest absolute Gasteiger partial charge is 0.328 e. The lowest BCUT2D eigenvalue weighted by Gasteiger charge is -2.12. The quantitative estimate of drug-likeness (QED) is 0.774. The maximum atomic E-state index is 10.7. The Labute approximate surface area is 135 Å². The number of hydrogen-bond acceptors (Lipinski definition) is 2. The first-order valence-electron chi connectivity index (χ1n) is 6.13. The highest BCUT2D eigenvalue weighted by Gasteiger charge is 2.09. The molecule has 0 aromatic heterocycles. The van der Waals surface area contributed by atoms with Gasteiger partial charge in [0.05, 0.1) is 4.47 Å². The van der Waals surface area contributed by atoms with E-state index in [1.54, 1.807) is 12.1 Å². The molecule has 0 spiro atoms. The molecule has 3 nitrogen and oxygen atoms in total. The molecule has 0 amide bonds. The maximum absolute atomic E-state index is 10.7. The Morgan fingerprint density at radius 3 is 2.67 bits per heavy atom. The van der Waals surface area contributed by atoms with E-state index in [4.69, 9.17) is 21.4 Å². The first kappa shape index (κ1) is 15.6. The average Bonchev–Trinajstić information content (AvgIpc) is 2.45. The van der Waals surface area contributed by atoms with Crippen LogP contribution in [-0.4, -0.2) is 11.1 Å². The lowest BCUT2D eigenvalue weighted by Crippen LogP contribution is -1.98. The molecular formula is C16H12BrClO3. The van der Waals surface area contributed by atoms with Gasteiger partial charge in [-0.25, -0.2) is 4.79 Å². The molecule has 108 valence electrons. The van der Waals surface area contributed by atoms with Gasteiger partial charge in [0, 0.05) is 16.7 Å². The molecule has 0 aliphatic carbocycles. The molecule has 0 bridgehead atoms. The summed E-state index contributed by atoms with van der Waals surface area (Å²) in [6.45, 7) is 0.384. The third-order valence-electron chi connectivity index (χ3n) is 2.67. The van der Waals surface area contributed by atoms with Crippen molar-refractivity contribution in [3.8, 4) is 5.75 Å². The average molecular weight is 368 g/mol. The van der Waals surface area contributed by atoms with Crippen molar-refractivity contribution in [3.63, 3.8) is 0 Å². The van der Waals surface area contributed by atoms with Gasteiger partial charge in [-0.3, -0.25) is 0 Å². The van der Waals surface area contributed by atoms with E-state index in [9.17, 15) is 4.79 Å². The van der Waals surface area contributed by atoms with Crippen molar-refractivity contribution >= 4 is 39.6 Å². The monoisotopic (exact) mass is 366 g/mol. The number of halogens is 2. The molecule has 0 unspecified atom stereocenters. The number of carboxylic acids is 1. The normalized spacial score (nSPS) is 10.8. The van der Waals surface area contributed by atoms with Crippen LogP contribution in [0.4, 0.5) is 0 Å². The van der Waals surface area contributed by atoms with Crippen LogP contribution in [0, 0.1) is 0 Å². The Morgan fingerprint density at radius 2 is 2.00 bits per heavy atom. The van der Waals surface area contributed by atoms with Crippen LogP contribution in [0.15, 0.2) is 53.0 Å². The van der Waals surface area contributed by atoms with Gasteiger partial charge in [-0.15, -0.1) is 0 Å². The Kier molecular flexibility index (Phi) is 5.42. The molecule has 0 saturated carbocycles. The van der Waals surface area contributed by atoms with Crippen LogP contribution in [0.2, 0.25) is 5.02 Å². The number of benzene rings is 2. The van der Waals surface area contributed by atoms with Crippen LogP contribution >= 0.6 is 27.5 Å². The van der Waals surface area contributed by atoms with Crippen molar-refractivity contribution in [2.75, 3.05) is 0 Å². The minimum atomic E-state index is -1.03. The topological polar surface area (TPSA) is 46.5 Å². The minimum Gasteiger partial charge on any atom is -0.487 e. The Balaban J connectivity index is 2.26. The number of carboxylic acid groups (broad SMARTS) is 1. The zero-order valence-electron chi connectivity index (χ0n) is 10.9. The Bertz CT molecular complexity index is 669. The Morgan fingerprint density at radius 1 is 1.29 bits per heavy atom. The minimum absolute atomic E-state index is 0.384. The summed E-state index contributed by atoms with van der Waals surface area (Å²) in [5, 5.41) is 9.24. The second-order valence-corrected chi connectivity index (χ2v) is 5.54. The number of rotatable bonds is 5. The van der Waals surface area contributed by atoms with Gasteiger partial charge in [0.15, 0.2) is 0 Å². The molecule has 5 heteroatoms. The first-order chi connectivity index (χ1) is 10.1. The van der Waals surface area contributed by atoms with Crippen LogP contribution in [0.3, 0.4) is 0 Å². The Hall–Kier alpha value is -1.78. The summed E-state index contributed by atoms with van der Waals surface area (Å²) in [7, 11) is 0. The SMILES string of the molecule is O=C(O)C=Cc1cc(Cl)cc(Br)c1OCc1ccccc1. The molecule has 0 heterocycles. The second kappa shape index (κ2) is 7.29. The number of carbonyl (C=O) groups is 1. The fraction of sp³-hybridized carbons (Fsp3) is 0.0625. The van der Waals surface area contributed by atoms with Crippen molar-refractivity contribution in [1.82, 2.24) is 0 Å². The summed E-state index contributed by atoms with van der Waals surface area (Å²) in [6.07, 6.45) is 2.51. The lowest BCUT2D eigenvalue weighted by atomic mass is 10.2. The van der Waals surface area contributed by atoms with Crippen LogP contribution in [0.5, 0.6) is 5.75 Å². The van der Waals surface area contributed by atoms with Gasteiger partial charge in [0.1, 0.15) is 12.4 Å². The molecule has 0 aliphatic rings. The maximum Gasteiger partial charge on any atom is 0.328 e. The van der Waals surface area contributed by atoms with Crippen molar-refractivity contribution < 1.29 is 14.6 Å².